The lowest BCUT2D eigenvalue weighted by molar-refractivity contribution is 0.424. The molecule has 0 atom stereocenters. The highest BCUT2D eigenvalue weighted by molar-refractivity contribution is 9.10. The summed E-state index contributed by atoms with van der Waals surface area (Å²) in [5.74, 6) is 0.431. The summed E-state index contributed by atoms with van der Waals surface area (Å²) in [6.07, 6.45) is 5.67. The van der Waals surface area contributed by atoms with Crippen LogP contribution in [0.3, 0.4) is 0 Å². The Bertz CT molecular complexity index is 555. The molecule has 1 fully saturated rings. The van der Waals surface area contributed by atoms with Gasteiger partial charge in [-0.2, -0.15) is 4.31 Å². The molecule has 0 amide bonds. The third kappa shape index (κ3) is 3.51. The number of rotatable bonds is 4. The van der Waals surface area contributed by atoms with Crippen LogP contribution in [0, 0.1) is 0 Å². The lowest BCUT2D eigenvalue weighted by Crippen LogP contribution is -2.32. The van der Waals surface area contributed by atoms with Gasteiger partial charge >= 0.3 is 0 Å². The molecule has 112 valence electrons. The summed E-state index contributed by atoms with van der Waals surface area (Å²) in [4.78, 5) is 4.45. The summed E-state index contributed by atoms with van der Waals surface area (Å²) < 4.78 is 27.9. The van der Waals surface area contributed by atoms with Gasteiger partial charge in [0.15, 0.2) is 0 Å². The van der Waals surface area contributed by atoms with E-state index in [1.54, 1.807) is 16.6 Å². The fraction of sp³-hybridized carbons (Fsp3) is 0.615. The first-order chi connectivity index (χ1) is 9.55. The normalized spacial score (nSPS) is 17.7. The largest absolute Gasteiger partial charge is 0.369 e. The first-order valence-electron chi connectivity index (χ1n) is 6.95. The second kappa shape index (κ2) is 6.87. The molecule has 1 N–H and O–H groups in total. The third-order valence-corrected chi connectivity index (χ3v) is 5.69. The Hall–Kier alpha value is -0.660. The number of hydrogen-bond donors (Lipinski definition) is 1. The second-order valence-corrected chi connectivity index (χ2v) is 7.67. The molecule has 0 aliphatic carbocycles. The highest BCUT2D eigenvalue weighted by atomic mass is 79.9. The van der Waals surface area contributed by atoms with E-state index in [1.807, 2.05) is 6.92 Å². The molecule has 2 heterocycles. The van der Waals surface area contributed by atoms with Gasteiger partial charge in [0, 0.05) is 30.3 Å². The number of pyridine rings is 1. The monoisotopic (exact) mass is 361 g/mol. The molecule has 0 aromatic carbocycles. The van der Waals surface area contributed by atoms with Crippen LogP contribution in [0.5, 0.6) is 0 Å². The molecule has 5 nitrogen and oxygen atoms in total. The number of sulfonamides is 1. The van der Waals surface area contributed by atoms with Crippen LogP contribution >= 0.6 is 15.9 Å². The Balaban J connectivity index is 2.39. The Morgan fingerprint density at radius 3 is 2.55 bits per heavy atom. The Kier molecular flexibility index (Phi) is 5.40. The van der Waals surface area contributed by atoms with Crippen molar-refractivity contribution in [1.29, 1.82) is 0 Å². The summed E-state index contributed by atoms with van der Waals surface area (Å²) in [5, 5.41) is 3.03. The number of nitrogens with one attached hydrogen (secondary N) is 1. The highest BCUT2D eigenvalue weighted by Crippen LogP contribution is 2.27. The van der Waals surface area contributed by atoms with Gasteiger partial charge in [-0.05, 0) is 41.8 Å². The van der Waals surface area contributed by atoms with Crippen molar-refractivity contribution in [3.8, 4) is 0 Å². The predicted octanol–water partition coefficient (Wildman–Crippen LogP) is 2.84. The maximum absolute atomic E-state index is 12.8. The van der Waals surface area contributed by atoms with Crippen LogP contribution in [0.25, 0.3) is 0 Å². The van der Waals surface area contributed by atoms with E-state index in [-0.39, 0.29) is 4.90 Å². The zero-order valence-corrected chi connectivity index (χ0v) is 14.0. The summed E-state index contributed by atoms with van der Waals surface area (Å²) in [5.41, 5.74) is 0. The fourth-order valence-electron chi connectivity index (χ4n) is 2.34. The van der Waals surface area contributed by atoms with Crippen molar-refractivity contribution in [2.24, 2.45) is 0 Å². The van der Waals surface area contributed by atoms with E-state index in [4.69, 9.17) is 0 Å². The number of nitrogens with zero attached hydrogens (tertiary/aromatic N) is 2. The molecule has 0 saturated carbocycles. The molecule has 0 spiro atoms. The molecular weight excluding hydrogens is 342 g/mol. The average Bonchev–Trinajstić information content (AvgIpc) is 2.70. The number of hydrogen-bond acceptors (Lipinski definition) is 4. The molecule has 0 unspecified atom stereocenters. The standard InChI is InChI=1S/C13H20BrN3O2S/c1-2-15-13-12(9-11(14)10-16-13)20(18,19)17-7-5-3-4-6-8-17/h9-10H,2-8H2,1H3,(H,15,16). The summed E-state index contributed by atoms with van der Waals surface area (Å²) in [7, 11) is -3.48. The molecule has 2 rings (SSSR count). The topological polar surface area (TPSA) is 62.3 Å². The van der Waals surface area contributed by atoms with Crippen LogP contribution in [0.1, 0.15) is 32.6 Å². The second-order valence-electron chi connectivity index (χ2n) is 4.85. The molecule has 1 saturated heterocycles. The lowest BCUT2D eigenvalue weighted by atomic mass is 10.2. The van der Waals surface area contributed by atoms with Crippen LogP contribution < -0.4 is 5.32 Å². The molecule has 1 aromatic heterocycles. The predicted molar refractivity (Wildman–Crippen MR) is 83.3 cm³/mol. The maximum atomic E-state index is 12.8. The van der Waals surface area contributed by atoms with Gasteiger partial charge in [-0.15, -0.1) is 0 Å². The SMILES string of the molecule is CCNc1ncc(Br)cc1S(=O)(=O)N1CCCCCC1. The van der Waals surface area contributed by atoms with Crippen molar-refractivity contribution >= 4 is 31.8 Å². The van der Waals surface area contributed by atoms with Crippen molar-refractivity contribution in [1.82, 2.24) is 9.29 Å². The minimum atomic E-state index is -3.48. The van der Waals surface area contributed by atoms with Crippen LogP contribution in [0.15, 0.2) is 21.6 Å². The fourth-order valence-corrected chi connectivity index (χ4v) is 4.48. The Labute approximate surface area is 129 Å². The number of halogens is 1. The van der Waals surface area contributed by atoms with Gasteiger partial charge in [0.2, 0.25) is 10.0 Å². The molecule has 20 heavy (non-hydrogen) atoms. The lowest BCUT2D eigenvalue weighted by Gasteiger charge is -2.21. The van der Waals surface area contributed by atoms with Crippen molar-refractivity contribution in [3.63, 3.8) is 0 Å². The summed E-state index contributed by atoms with van der Waals surface area (Å²) in [6, 6.07) is 1.63. The molecule has 0 bridgehead atoms. The number of anilines is 1. The molecule has 0 radical (unpaired) electrons. The first-order valence-corrected chi connectivity index (χ1v) is 9.18. The van der Waals surface area contributed by atoms with E-state index in [9.17, 15) is 8.42 Å². The van der Waals surface area contributed by atoms with Crippen molar-refractivity contribution < 1.29 is 8.42 Å². The van der Waals surface area contributed by atoms with Gasteiger partial charge < -0.3 is 5.32 Å². The molecule has 7 heteroatoms. The van der Waals surface area contributed by atoms with E-state index >= 15 is 0 Å². The van der Waals surface area contributed by atoms with Crippen molar-refractivity contribution in [3.05, 3.63) is 16.7 Å². The Morgan fingerprint density at radius 2 is 1.95 bits per heavy atom. The van der Waals surface area contributed by atoms with Gasteiger partial charge in [0.25, 0.3) is 0 Å². The van der Waals surface area contributed by atoms with Gasteiger partial charge in [-0.3, -0.25) is 0 Å². The van der Waals surface area contributed by atoms with E-state index in [0.717, 1.165) is 25.7 Å². The molecular formula is C13H20BrN3O2S. The zero-order valence-electron chi connectivity index (χ0n) is 11.6. The maximum Gasteiger partial charge on any atom is 0.246 e. The van der Waals surface area contributed by atoms with Crippen LogP contribution in [-0.4, -0.2) is 37.3 Å². The van der Waals surface area contributed by atoms with Gasteiger partial charge in [0.1, 0.15) is 10.7 Å². The van der Waals surface area contributed by atoms with Crippen LogP contribution in [0.2, 0.25) is 0 Å². The summed E-state index contributed by atoms with van der Waals surface area (Å²) in [6.45, 7) is 3.75. The molecule has 1 aromatic rings. The average molecular weight is 362 g/mol. The van der Waals surface area contributed by atoms with Gasteiger partial charge in [0.05, 0.1) is 0 Å². The zero-order chi connectivity index (χ0) is 14.6. The minimum absolute atomic E-state index is 0.260. The first kappa shape index (κ1) is 15.7. The molecule has 1 aliphatic heterocycles. The van der Waals surface area contributed by atoms with Gasteiger partial charge in [-0.1, -0.05) is 12.8 Å². The van der Waals surface area contributed by atoms with Crippen LogP contribution in [-0.2, 0) is 10.0 Å². The van der Waals surface area contributed by atoms with Gasteiger partial charge in [-0.25, -0.2) is 13.4 Å². The minimum Gasteiger partial charge on any atom is -0.369 e. The van der Waals surface area contributed by atoms with E-state index < -0.39 is 10.0 Å². The van der Waals surface area contributed by atoms with Crippen molar-refractivity contribution in [2.45, 2.75) is 37.5 Å². The third-order valence-electron chi connectivity index (χ3n) is 3.35. The van der Waals surface area contributed by atoms with E-state index in [1.165, 1.54) is 0 Å². The highest BCUT2D eigenvalue weighted by Gasteiger charge is 2.28. The van der Waals surface area contributed by atoms with E-state index in [2.05, 4.69) is 26.2 Å². The molecule has 1 aliphatic rings. The quantitative estimate of drug-likeness (QED) is 0.895. The smallest absolute Gasteiger partial charge is 0.246 e. The number of aromatic nitrogens is 1. The van der Waals surface area contributed by atoms with Crippen molar-refractivity contribution in [2.75, 3.05) is 25.0 Å². The van der Waals surface area contributed by atoms with E-state index in [0.29, 0.717) is 29.9 Å². The summed E-state index contributed by atoms with van der Waals surface area (Å²) >= 11 is 3.31. The van der Waals surface area contributed by atoms with Crippen LogP contribution in [0.4, 0.5) is 5.82 Å². The Morgan fingerprint density at radius 1 is 1.30 bits per heavy atom.